The summed E-state index contributed by atoms with van der Waals surface area (Å²) in [7, 11) is 0. The van der Waals surface area contributed by atoms with E-state index < -0.39 is 0 Å². The van der Waals surface area contributed by atoms with Crippen LogP contribution in [-0.2, 0) is 11.3 Å². The Morgan fingerprint density at radius 3 is 3.05 bits per heavy atom. The molecule has 1 aromatic heterocycles. The van der Waals surface area contributed by atoms with E-state index in [1.165, 1.54) is 4.88 Å². The lowest BCUT2D eigenvalue weighted by molar-refractivity contribution is -0.113. The molecule has 2 heterocycles. The lowest BCUT2D eigenvalue weighted by Gasteiger charge is -2.17. The van der Waals surface area contributed by atoms with Crippen LogP contribution in [0.1, 0.15) is 4.88 Å². The highest BCUT2D eigenvalue weighted by molar-refractivity contribution is 9.10. The predicted octanol–water partition coefficient (Wildman–Crippen LogP) is 4.17. The molecule has 0 spiro atoms. The summed E-state index contributed by atoms with van der Waals surface area (Å²) in [6.45, 7) is 0.788. The largest absolute Gasteiger partial charge is 0.380 e. The maximum absolute atomic E-state index is 11.4. The minimum absolute atomic E-state index is 0.0665. The molecule has 1 aliphatic heterocycles. The first-order chi connectivity index (χ1) is 9.20. The van der Waals surface area contributed by atoms with Crippen molar-refractivity contribution in [2.75, 3.05) is 16.4 Å². The van der Waals surface area contributed by atoms with E-state index in [0.717, 1.165) is 27.3 Å². The van der Waals surface area contributed by atoms with Gasteiger partial charge in [-0.2, -0.15) is 0 Å². The van der Waals surface area contributed by atoms with Gasteiger partial charge in [-0.25, -0.2) is 0 Å². The van der Waals surface area contributed by atoms with E-state index in [0.29, 0.717) is 5.75 Å². The van der Waals surface area contributed by atoms with Crippen LogP contribution in [0.3, 0.4) is 0 Å². The average Bonchev–Trinajstić information content (AvgIpc) is 2.81. The smallest absolute Gasteiger partial charge is 0.234 e. The van der Waals surface area contributed by atoms with Crippen molar-refractivity contribution in [2.24, 2.45) is 0 Å². The molecule has 1 aliphatic rings. The maximum atomic E-state index is 11.4. The second-order valence-electron chi connectivity index (χ2n) is 4.13. The highest BCUT2D eigenvalue weighted by atomic mass is 79.9. The molecule has 2 aromatic rings. The first kappa shape index (κ1) is 13.0. The third-order valence-electron chi connectivity index (χ3n) is 2.70. The van der Waals surface area contributed by atoms with Crippen LogP contribution in [0.15, 0.2) is 39.0 Å². The summed E-state index contributed by atoms with van der Waals surface area (Å²) in [4.78, 5) is 13.8. The van der Waals surface area contributed by atoms with Crippen molar-refractivity contribution >= 4 is 56.3 Å². The standard InChI is InChI=1S/C13H11BrN2OS2/c14-8-3-10(18-6-8)5-15-9-1-2-12-11(4-9)16-13(17)7-19-12/h1-4,6,15H,5,7H2,(H,16,17). The molecule has 0 bridgehead atoms. The Bertz CT molecular complexity index is 627. The van der Waals surface area contributed by atoms with Crippen LogP contribution in [0.2, 0.25) is 0 Å². The minimum Gasteiger partial charge on any atom is -0.380 e. The van der Waals surface area contributed by atoms with Crippen molar-refractivity contribution in [1.29, 1.82) is 0 Å². The Balaban J connectivity index is 1.71. The number of carbonyl (C=O) groups is 1. The molecule has 0 atom stereocenters. The fourth-order valence-electron chi connectivity index (χ4n) is 1.83. The second kappa shape index (κ2) is 5.56. The van der Waals surface area contributed by atoms with E-state index in [1.807, 2.05) is 18.2 Å². The van der Waals surface area contributed by atoms with Crippen LogP contribution in [-0.4, -0.2) is 11.7 Å². The summed E-state index contributed by atoms with van der Waals surface area (Å²) < 4.78 is 1.11. The first-order valence-corrected chi connectivity index (χ1v) is 8.40. The molecule has 0 fully saturated rings. The Hall–Kier alpha value is -0.980. The van der Waals surface area contributed by atoms with Gasteiger partial charge in [-0.3, -0.25) is 4.79 Å². The summed E-state index contributed by atoms with van der Waals surface area (Å²) >= 11 is 6.74. The quantitative estimate of drug-likeness (QED) is 0.868. The van der Waals surface area contributed by atoms with E-state index in [1.54, 1.807) is 23.1 Å². The summed E-state index contributed by atoms with van der Waals surface area (Å²) in [5, 5.41) is 8.34. The third kappa shape index (κ3) is 3.13. The number of anilines is 2. The number of rotatable bonds is 3. The molecular weight excluding hydrogens is 344 g/mol. The number of hydrogen-bond acceptors (Lipinski definition) is 4. The van der Waals surface area contributed by atoms with E-state index in [9.17, 15) is 4.79 Å². The van der Waals surface area contributed by atoms with E-state index in [2.05, 4.69) is 38.0 Å². The van der Waals surface area contributed by atoms with Crippen LogP contribution in [0.5, 0.6) is 0 Å². The molecule has 6 heteroatoms. The molecular formula is C13H11BrN2OS2. The Kier molecular flexibility index (Phi) is 3.81. The van der Waals surface area contributed by atoms with Gasteiger partial charge in [0, 0.05) is 31.9 Å². The van der Waals surface area contributed by atoms with Crippen molar-refractivity contribution in [1.82, 2.24) is 0 Å². The summed E-state index contributed by atoms with van der Waals surface area (Å²) in [5.41, 5.74) is 1.92. The topological polar surface area (TPSA) is 41.1 Å². The van der Waals surface area contributed by atoms with Crippen molar-refractivity contribution < 1.29 is 4.79 Å². The van der Waals surface area contributed by atoms with E-state index in [-0.39, 0.29) is 5.91 Å². The monoisotopic (exact) mass is 354 g/mol. The maximum Gasteiger partial charge on any atom is 0.234 e. The zero-order valence-electron chi connectivity index (χ0n) is 9.90. The van der Waals surface area contributed by atoms with Crippen molar-refractivity contribution in [3.63, 3.8) is 0 Å². The normalized spacial score (nSPS) is 13.8. The molecule has 2 N–H and O–H groups in total. The number of hydrogen-bond donors (Lipinski definition) is 2. The SMILES string of the molecule is O=C1CSc2ccc(NCc3cc(Br)cs3)cc2N1. The lowest BCUT2D eigenvalue weighted by Crippen LogP contribution is -2.18. The predicted molar refractivity (Wildman–Crippen MR) is 85.1 cm³/mol. The number of carbonyl (C=O) groups excluding carboxylic acids is 1. The van der Waals surface area contributed by atoms with Gasteiger partial charge in [0.05, 0.1) is 11.4 Å². The summed E-state index contributed by atoms with van der Waals surface area (Å²) in [6, 6.07) is 8.19. The van der Waals surface area contributed by atoms with Gasteiger partial charge in [0.25, 0.3) is 0 Å². The Morgan fingerprint density at radius 2 is 2.26 bits per heavy atom. The molecule has 1 aromatic carbocycles. The van der Waals surface area contributed by atoms with Gasteiger partial charge >= 0.3 is 0 Å². The molecule has 0 saturated heterocycles. The van der Waals surface area contributed by atoms with Crippen molar-refractivity contribution in [2.45, 2.75) is 11.4 Å². The van der Waals surface area contributed by atoms with E-state index in [4.69, 9.17) is 0 Å². The third-order valence-corrected chi connectivity index (χ3v) is 5.47. The number of amides is 1. The van der Waals surface area contributed by atoms with Crippen molar-refractivity contribution in [3.8, 4) is 0 Å². The van der Waals surface area contributed by atoms with Gasteiger partial charge in [-0.05, 0) is 40.2 Å². The van der Waals surface area contributed by atoms with Crippen LogP contribution >= 0.6 is 39.0 Å². The zero-order chi connectivity index (χ0) is 13.2. The fraction of sp³-hybridized carbons (Fsp3) is 0.154. The second-order valence-corrected chi connectivity index (χ2v) is 7.06. The average molecular weight is 355 g/mol. The highest BCUT2D eigenvalue weighted by Gasteiger charge is 2.15. The van der Waals surface area contributed by atoms with Gasteiger partial charge in [0.1, 0.15) is 0 Å². The number of thiophene rings is 1. The Labute approximate surface area is 127 Å². The lowest BCUT2D eigenvalue weighted by atomic mass is 10.2. The molecule has 1 amide bonds. The van der Waals surface area contributed by atoms with Gasteiger partial charge in [0.15, 0.2) is 0 Å². The molecule has 3 rings (SSSR count). The molecule has 0 radical (unpaired) electrons. The molecule has 19 heavy (non-hydrogen) atoms. The van der Waals surface area contributed by atoms with Crippen LogP contribution in [0, 0.1) is 0 Å². The minimum atomic E-state index is 0.0665. The van der Waals surface area contributed by atoms with Gasteiger partial charge < -0.3 is 10.6 Å². The Morgan fingerprint density at radius 1 is 1.37 bits per heavy atom. The number of halogens is 1. The van der Waals surface area contributed by atoms with Gasteiger partial charge in [-0.1, -0.05) is 0 Å². The van der Waals surface area contributed by atoms with Gasteiger partial charge in [-0.15, -0.1) is 23.1 Å². The van der Waals surface area contributed by atoms with Gasteiger partial charge in [0.2, 0.25) is 5.91 Å². The number of benzene rings is 1. The van der Waals surface area contributed by atoms with E-state index >= 15 is 0 Å². The molecule has 0 aliphatic carbocycles. The first-order valence-electron chi connectivity index (χ1n) is 5.74. The fourth-order valence-corrected chi connectivity index (χ4v) is 4.01. The van der Waals surface area contributed by atoms with Crippen LogP contribution in [0.4, 0.5) is 11.4 Å². The van der Waals surface area contributed by atoms with Crippen LogP contribution in [0.25, 0.3) is 0 Å². The summed E-state index contributed by atoms with van der Waals surface area (Å²) in [5.74, 6) is 0.569. The van der Waals surface area contributed by atoms with Crippen LogP contribution < -0.4 is 10.6 Å². The summed E-state index contributed by atoms with van der Waals surface area (Å²) in [6.07, 6.45) is 0. The molecule has 0 saturated carbocycles. The number of nitrogens with one attached hydrogen (secondary N) is 2. The highest BCUT2D eigenvalue weighted by Crippen LogP contribution is 2.33. The zero-order valence-corrected chi connectivity index (χ0v) is 13.1. The molecule has 3 nitrogen and oxygen atoms in total. The number of thioether (sulfide) groups is 1. The molecule has 98 valence electrons. The molecule has 0 unspecified atom stereocenters. The number of fused-ring (bicyclic) bond motifs is 1. The van der Waals surface area contributed by atoms with Crippen molar-refractivity contribution in [3.05, 3.63) is 39.0 Å².